The van der Waals surface area contributed by atoms with E-state index in [1.807, 2.05) is 18.2 Å². The first-order valence-electron chi connectivity index (χ1n) is 9.04. The van der Waals surface area contributed by atoms with Gasteiger partial charge in [0.2, 0.25) is 0 Å². The van der Waals surface area contributed by atoms with Crippen molar-refractivity contribution in [2.24, 2.45) is 0 Å². The molecule has 0 spiro atoms. The van der Waals surface area contributed by atoms with Crippen molar-refractivity contribution in [3.8, 4) is 0 Å². The van der Waals surface area contributed by atoms with Crippen LogP contribution in [0.2, 0.25) is 0 Å². The summed E-state index contributed by atoms with van der Waals surface area (Å²) in [5.41, 5.74) is 2.27. The Bertz CT molecular complexity index is 914. The van der Waals surface area contributed by atoms with Crippen molar-refractivity contribution in [1.82, 2.24) is 9.62 Å². The van der Waals surface area contributed by atoms with Gasteiger partial charge in [-0.05, 0) is 55.4 Å². The van der Waals surface area contributed by atoms with Crippen LogP contribution in [0, 0.1) is 0 Å². The van der Waals surface area contributed by atoms with E-state index in [0.717, 1.165) is 62.1 Å². The van der Waals surface area contributed by atoms with Crippen LogP contribution < -0.4 is 4.72 Å². The third kappa shape index (κ3) is 3.43. The summed E-state index contributed by atoms with van der Waals surface area (Å²) in [6.45, 7) is 1.52. The number of hydrogen-bond acceptors (Lipinski definition) is 4. The average molecular weight is 391 g/mol. The van der Waals surface area contributed by atoms with Gasteiger partial charge in [-0.1, -0.05) is 24.3 Å². The summed E-state index contributed by atoms with van der Waals surface area (Å²) >= 11 is 1.06. The normalized spacial score (nSPS) is 20.2. The molecule has 0 bridgehead atoms. The third-order valence-electron chi connectivity index (χ3n) is 5.12. The summed E-state index contributed by atoms with van der Waals surface area (Å²) in [7, 11) is -3.64. The highest BCUT2D eigenvalue weighted by Crippen LogP contribution is 2.32. The van der Waals surface area contributed by atoms with E-state index >= 15 is 0 Å². The second-order valence-electron chi connectivity index (χ2n) is 6.88. The van der Waals surface area contributed by atoms with Crippen molar-refractivity contribution in [2.75, 3.05) is 13.1 Å². The first-order valence-corrected chi connectivity index (χ1v) is 11.3. The molecule has 26 heavy (non-hydrogen) atoms. The second kappa shape index (κ2) is 7.13. The number of carbonyl (C=O) groups excluding carboxylic acids is 1. The molecular formula is C19H22N2O3S2. The summed E-state index contributed by atoms with van der Waals surface area (Å²) < 4.78 is 28.7. The lowest BCUT2D eigenvalue weighted by molar-refractivity contribution is 0.0797. The van der Waals surface area contributed by atoms with Crippen molar-refractivity contribution in [1.29, 1.82) is 0 Å². The van der Waals surface area contributed by atoms with Gasteiger partial charge in [-0.25, -0.2) is 13.1 Å². The minimum Gasteiger partial charge on any atom is -0.338 e. The predicted octanol–water partition coefficient (Wildman–Crippen LogP) is 3.34. The number of sulfonamides is 1. The molecule has 1 atom stereocenters. The van der Waals surface area contributed by atoms with Crippen LogP contribution in [0.25, 0.3) is 0 Å². The van der Waals surface area contributed by atoms with Gasteiger partial charge in [-0.15, -0.1) is 11.3 Å². The highest BCUT2D eigenvalue weighted by atomic mass is 32.2. The topological polar surface area (TPSA) is 66.5 Å². The highest BCUT2D eigenvalue weighted by molar-refractivity contribution is 7.91. The van der Waals surface area contributed by atoms with Crippen molar-refractivity contribution in [2.45, 2.75) is 42.4 Å². The Balaban J connectivity index is 1.54. The van der Waals surface area contributed by atoms with E-state index in [9.17, 15) is 13.2 Å². The first kappa shape index (κ1) is 17.7. The zero-order valence-electron chi connectivity index (χ0n) is 14.5. The lowest BCUT2D eigenvalue weighted by atomic mass is 9.88. The summed E-state index contributed by atoms with van der Waals surface area (Å²) in [6, 6.07) is 11.0. The Morgan fingerprint density at radius 3 is 2.65 bits per heavy atom. The quantitative estimate of drug-likeness (QED) is 0.871. The number of fused-ring (bicyclic) bond motifs is 1. The summed E-state index contributed by atoms with van der Waals surface area (Å²) in [5, 5.41) is 0. The standard InChI is InChI=1S/C19H22N2O3S2/c22-19(21-12-3-4-13-21)17-10-11-18(25-17)26(23,24)20-16-9-5-7-14-6-1-2-8-15(14)16/h1-2,6,8,10-11,16,20H,3-5,7,9,12-13H2/t16-/m1/s1. The van der Waals surface area contributed by atoms with Crippen molar-refractivity contribution < 1.29 is 13.2 Å². The highest BCUT2D eigenvalue weighted by Gasteiger charge is 2.28. The Kier molecular flexibility index (Phi) is 4.86. The molecule has 2 aliphatic rings. The molecule has 0 saturated carbocycles. The summed E-state index contributed by atoms with van der Waals surface area (Å²) in [4.78, 5) is 14.8. The van der Waals surface area contributed by atoms with Crippen molar-refractivity contribution >= 4 is 27.3 Å². The molecule has 2 heterocycles. The smallest absolute Gasteiger partial charge is 0.263 e. The molecular weight excluding hydrogens is 368 g/mol. The molecule has 0 unspecified atom stereocenters. The molecule has 2 aromatic rings. The fourth-order valence-electron chi connectivity index (χ4n) is 3.78. The SMILES string of the molecule is O=C(c1ccc(S(=O)(=O)N[C@@H]2CCCc3ccccc32)s1)N1CCCC1. The van der Waals surface area contributed by atoms with Crippen LogP contribution in [-0.2, 0) is 16.4 Å². The van der Waals surface area contributed by atoms with Gasteiger partial charge in [0.05, 0.1) is 4.88 Å². The number of amides is 1. The van der Waals surface area contributed by atoms with E-state index in [1.54, 1.807) is 17.0 Å². The zero-order chi connectivity index (χ0) is 18.1. The van der Waals surface area contributed by atoms with E-state index < -0.39 is 10.0 Å². The minimum absolute atomic E-state index is 0.0584. The fraction of sp³-hybridized carbons (Fsp3) is 0.421. The second-order valence-corrected chi connectivity index (χ2v) is 9.91. The number of thiophene rings is 1. The molecule has 1 fully saturated rings. The van der Waals surface area contributed by atoms with E-state index in [1.165, 1.54) is 5.56 Å². The lowest BCUT2D eigenvalue weighted by Gasteiger charge is -2.25. The Morgan fingerprint density at radius 1 is 1.08 bits per heavy atom. The number of benzene rings is 1. The molecule has 4 rings (SSSR count). The van der Waals surface area contributed by atoms with Gasteiger partial charge in [0, 0.05) is 19.1 Å². The predicted molar refractivity (Wildman–Crippen MR) is 102 cm³/mol. The Hall–Kier alpha value is -1.70. The number of aryl methyl sites for hydroxylation is 1. The molecule has 1 aromatic carbocycles. The molecule has 1 N–H and O–H groups in total. The minimum atomic E-state index is -3.64. The molecule has 5 nitrogen and oxygen atoms in total. The first-order chi connectivity index (χ1) is 12.5. The van der Waals surface area contributed by atoms with Crippen LogP contribution in [0.1, 0.15) is 52.5 Å². The Morgan fingerprint density at radius 2 is 1.85 bits per heavy atom. The zero-order valence-corrected chi connectivity index (χ0v) is 16.1. The van der Waals surface area contributed by atoms with Crippen LogP contribution in [0.5, 0.6) is 0 Å². The van der Waals surface area contributed by atoms with Crippen LogP contribution in [0.15, 0.2) is 40.6 Å². The van der Waals surface area contributed by atoms with E-state index in [0.29, 0.717) is 4.88 Å². The summed E-state index contributed by atoms with van der Waals surface area (Å²) in [5.74, 6) is -0.0584. The van der Waals surface area contributed by atoms with Crippen molar-refractivity contribution in [3.63, 3.8) is 0 Å². The molecule has 7 heteroatoms. The van der Waals surface area contributed by atoms with Crippen LogP contribution in [-0.4, -0.2) is 32.3 Å². The molecule has 138 valence electrons. The van der Waals surface area contributed by atoms with Crippen LogP contribution in [0.3, 0.4) is 0 Å². The maximum atomic E-state index is 12.8. The van der Waals surface area contributed by atoms with E-state index in [-0.39, 0.29) is 16.2 Å². The van der Waals surface area contributed by atoms with Gasteiger partial charge in [-0.2, -0.15) is 0 Å². The number of carbonyl (C=O) groups is 1. The molecule has 1 amide bonds. The number of nitrogens with zero attached hydrogens (tertiary/aromatic N) is 1. The maximum Gasteiger partial charge on any atom is 0.263 e. The van der Waals surface area contributed by atoms with Gasteiger partial charge in [0.1, 0.15) is 4.21 Å². The maximum absolute atomic E-state index is 12.8. The van der Waals surface area contributed by atoms with Crippen LogP contribution >= 0.6 is 11.3 Å². The molecule has 1 aromatic heterocycles. The fourth-order valence-corrected chi connectivity index (χ4v) is 6.32. The van der Waals surface area contributed by atoms with Gasteiger partial charge in [-0.3, -0.25) is 4.79 Å². The third-order valence-corrected chi connectivity index (χ3v) is 8.15. The number of likely N-dealkylation sites (tertiary alicyclic amines) is 1. The number of rotatable bonds is 4. The van der Waals surface area contributed by atoms with Gasteiger partial charge in [0.25, 0.3) is 15.9 Å². The monoisotopic (exact) mass is 390 g/mol. The Labute approximate surface area is 158 Å². The van der Waals surface area contributed by atoms with Crippen LogP contribution in [0.4, 0.5) is 0 Å². The van der Waals surface area contributed by atoms with E-state index in [2.05, 4.69) is 10.8 Å². The average Bonchev–Trinajstić information content (AvgIpc) is 3.33. The lowest BCUT2D eigenvalue weighted by Crippen LogP contribution is -2.30. The van der Waals surface area contributed by atoms with E-state index in [4.69, 9.17) is 0 Å². The summed E-state index contributed by atoms with van der Waals surface area (Å²) in [6.07, 6.45) is 4.78. The molecule has 1 saturated heterocycles. The van der Waals surface area contributed by atoms with Gasteiger partial charge in [0.15, 0.2) is 0 Å². The number of nitrogens with one attached hydrogen (secondary N) is 1. The van der Waals surface area contributed by atoms with Gasteiger partial charge < -0.3 is 4.90 Å². The molecule has 0 radical (unpaired) electrons. The molecule has 1 aliphatic heterocycles. The van der Waals surface area contributed by atoms with Crippen molar-refractivity contribution in [3.05, 3.63) is 52.4 Å². The van der Waals surface area contributed by atoms with Gasteiger partial charge >= 0.3 is 0 Å². The number of hydrogen-bond donors (Lipinski definition) is 1. The largest absolute Gasteiger partial charge is 0.338 e. The molecule has 1 aliphatic carbocycles.